The Hall–Kier alpha value is -2.11. The molecule has 0 radical (unpaired) electrons. The van der Waals surface area contributed by atoms with Crippen LogP contribution >= 0.6 is 0 Å². The van der Waals surface area contributed by atoms with E-state index in [0.717, 1.165) is 0 Å². The summed E-state index contributed by atoms with van der Waals surface area (Å²) < 4.78 is 0. The number of pyridine rings is 1. The van der Waals surface area contributed by atoms with Crippen molar-refractivity contribution in [2.45, 2.75) is 26.3 Å². The Labute approximate surface area is 105 Å². The standard InChI is InChI=1S/C12H17N3O3/c1-8(2)6-10(11(16)17)15-12(18)14-9-4-3-5-13-7-9/h3-5,7-8,10H,6H2,1-2H3,(H,16,17)(H2,14,15,18)/t10-/m1/s1. The lowest BCUT2D eigenvalue weighted by atomic mass is 10.0. The Morgan fingerprint density at radius 1 is 1.44 bits per heavy atom. The molecule has 0 aliphatic rings. The number of anilines is 1. The zero-order valence-corrected chi connectivity index (χ0v) is 10.4. The zero-order valence-electron chi connectivity index (χ0n) is 10.4. The van der Waals surface area contributed by atoms with Crippen molar-refractivity contribution in [1.82, 2.24) is 10.3 Å². The molecular weight excluding hydrogens is 234 g/mol. The van der Waals surface area contributed by atoms with Crippen LogP contribution in [-0.4, -0.2) is 28.1 Å². The summed E-state index contributed by atoms with van der Waals surface area (Å²) in [6, 6.07) is 1.92. The van der Waals surface area contributed by atoms with E-state index in [0.29, 0.717) is 12.1 Å². The number of nitrogens with zero attached hydrogens (tertiary/aromatic N) is 1. The number of carbonyl (C=O) groups excluding carboxylic acids is 1. The number of aromatic nitrogens is 1. The highest BCUT2D eigenvalue weighted by Gasteiger charge is 2.20. The van der Waals surface area contributed by atoms with Crippen molar-refractivity contribution in [3.63, 3.8) is 0 Å². The molecule has 0 saturated heterocycles. The first-order chi connectivity index (χ1) is 8.49. The number of rotatable bonds is 5. The van der Waals surface area contributed by atoms with Gasteiger partial charge in [-0.05, 0) is 24.5 Å². The molecule has 1 aromatic rings. The minimum Gasteiger partial charge on any atom is -0.480 e. The Morgan fingerprint density at radius 3 is 2.67 bits per heavy atom. The molecule has 1 heterocycles. The summed E-state index contributed by atoms with van der Waals surface area (Å²) in [6.45, 7) is 3.80. The van der Waals surface area contributed by atoms with Crippen LogP contribution in [0, 0.1) is 5.92 Å². The van der Waals surface area contributed by atoms with Gasteiger partial charge in [0.1, 0.15) is 6.04 Å². The summed E-state index contributed by atoms with van der Waals surface area (Å²) in [5, 5.41) is 13.9. The second kappa shape index (κ2) is 6.58. The van der Waals surface area contributed by atoms with Crippen molar-refractivity contribution in [1.29, 1.82) is 0 Å². The molecule has 0 unspecified atom stereocenters. The SMILES string of the molecule is CC(C)C[C@@H](NC(=O)Nc1cccnc1)C(=O)O. The summed E-state index contributed by atoms with van der Waals surface area (Å²) in [7, 11) is 0. The van der Waals surface area contributed by atoms with Gasteiger partial charge in [-0.2, -0.15) is 0 Å². The molecule has 0 aliphatic heterocycles. The first-order valence-corrected chi connectivity index (χ1v) is 5.69. The molecule has 6 nitrogen and oxygen atoms in total. The van der Waals surface area contributed by atoms with Crippen LogP contribution in [0.1, 0.15) is 20.3 Å². The van der Waals surface area contributed by atoms with Gasteiger partial charge in [-0.25, -0.2) is 9.59 Å². The van der Waals surface area contributed by atoms with Gasteiger partial charge in [-0.1, -0.05) is 13.8 Å². The van der Waals surface area contributed by atoms with Gasteiger partial charge in [0.2, 0.25) is 0 Å². The predicted molar refractivity (Wildman–Crippen MR) is 67.3 cm³/mol. The normalized spacial score (nSPS) is 11.9. The van der Waals surface area contributed by atoms with E-state index in [1.807, 2.05) is 13.8 Å². The molecule has 0 saturated carbocycles. The fourth-order valence-electron chi connectivity index (χ4n) is 1.46. The Bertz CT molecular complexity index is 406. The minimum atomic E-state index is -1.04. The van der Waals surface area contributed by atoms with Crippen LogP contribution in [0.25, 0.3) is 0 Å². The third-order valence-corrected chi connectivity index (χ3v) is 2.23. The van der Waals surface area contributed by atoms with Gasteiger partial charge >= 0.3 is 12.0 Å². The maximum absolute atomic E-state index is 11.6. The van der Waals surface area contributed by atoms with E-state index in [1.165, 1.54) is 6.20 Å². The summed E-state index contributed by atoms with van der Waals surface area (Å²) in [6.07, 6.45) is 3.45. The van der Waals surface area contributed by atoms with Crippen molar-refractivity contribution in [2.75, 3.05) is 5.32 Å². The van der Waals surface area contributed by atoms with E-state index in [2.05, 4.69) is 15.6 Å². The van der Waals surface area contributed by atoms with E-state index in [4.69, 9.17) is 5.11 Å². The second-order valence-corrected chi connectivity index (χ2v) is 4.36. The van der Waals surface area contributed by atoms with Crippen LogP contribution in [0.15, 0.2) is 24.5 Å². The third kappa shape index (κ3) is 4.82. The van der Waals surface area contributed by atoms with Gasteiger partial charge < -0.3 is 15.7 Å². The first-order valence-electron chi connectivity index (χ1n) is 5.69. The predicted octanol–water partition coefficient (Wildman–Crippen LogP) is 1.70. The molecule has 3 N–H and O–H groups in total. The lowest BCUT2D eigenvalue weighted by Crippen LogP contribution is -2.43. The van der Waals surface area contributed by atoms with Gasteiger partial charge in [0, 0.05) is 6.20 Å². The number of carbonyl (C=O) groups is 2. The van der Waals surface area contributed by atoms with Crippen molar-refractivity contribution in [2.24, 2.45) is 5.92 Å². The smallest absolute Gasteiger partial charge is 0.326 e. The summed E-state index contributed by atoms with van der Waals surface area (Å²) in [5.74, 6) is -0.852. The summed E-state index contributed by atoms with van der Waals surface area (Å²) in [4.78, 5) is 26.4. The van der Waals surface area contributed by atoms with Gasteiger partial charge in [0.05, 0.1) is 11.9 Å². The molecular formula is C12H17N3O3. The van der Waals surface area contributed by atoms with E-state index < -0.39 is 18.0 Å². The third-order valence-electron chi connectivity index (χ3n) is 2.23. The van der Waals surface area contributed by atoms with Gasteiger partial charge in [-0.3, -0.25) is 4.98 Å². The highest BCUT2D eigenvalue weighted by atomic mass is 16.4. The van der Waals surface area contributed by atoms with Gasteiger partial charge in [-0.15, -0.1) is 0 Å². The molecule has 0 spiro atoms. The highest BCUT2D eigenvalue weighted by molar-refractivity contribution is 5.92. The molecule has 1 rings (SSSR count). The monoisotopic (exact) mass is 251 g/mol. The van der Waals surface area contributed by atoms with E-state index in [1.54, 1.807) is 18.3 Å². The van der Waals surface area contributed by atoms with E-state index >= 15 is 0 Å². The number of nitrogens with one attached hydrogen (secondary N) is 2. The highest BCUT2D eigenvalue weighted by Crippen LogP contribution is 2.06. The first kappa shape index (κ1) is 14.0. The molecule has 2 amide bonds. The van der Waals surface area contributed by atoms with Crippen LogP contribution in [-0.2, 0) is 4.79 Å². The van der Waals surface area contributed by atoms with E-state index in [9.17, 15) is 9.59 Å². The Morgan fingerprint density at radius 2 is 2.17 bits per heavy atom. The quantitative estimate of drug-likeness (QED) is 0.742. The van der Waals surface area contributed by atoms with Crippen molar-refractivity contribution in [3.8, 4) is 0 Å². The molecule has 0 aromatic carbocycles. The van der Waals surface area contributed by atoms with Gasteiger partial charge in [0.25, 0.3) is 0 Å². The van der Waals surface area contributed by atoms with Crippen molar-refractivity contribution < 1.29 is 14.7 Å². The number of urea groups is 1. The molecule has 1 atom stereocenters. The number of hydrogen-bond acceptors (Lipinski definition) is 3. The van der Waals surface area contributed by atoms with Crippen LogP contribution in [0.4, 0.5) is 10.5 Å². The lowest BCUT2D eigenvalue weighted by Gasteiger charge is -2.16. The molecule has 6 heteroatoms. The Kier molecular flexibility index (Phi) is 5.10. The fraction of sp³-hybridized carbons (Fsp3) is 0.417. The fourth-order valence-corrected chi connectivity index (χ4v) is 1.46. The van der Waals surface area contributed by atoms with Crippen LogP contribution in [0.3, 0.4) is 0 Å². The number of carboxylic acid groups (broad SMARTS) is 1. The lowest BCUT2D eigenvalue weighted by molar-refractivity contribution is -0.139. The Balaban J connectivity index is 2.54. The average Bonchev–Trinajstić information content (AvgIpc) is 2.28. The molecule has 0 fully saturated rings. The molecule has 0 bridgehead atoms. The largest absolute Gasteiger partial charge is 0.480 e. The molecule has 1 aromatic heterocycles. The van der Waals surface area contributed by atoms with E-state index in [-0.39, 0.29) is 5.92 Å². The number of hydrogen-bond donors (Lipinski definition) is 3. The average molecular weight is 251 g/mol. The van der Waals surface area contributed by atoms with Crippen LogP contribution < -0.4 is 10.6 Å². The molecule has 98 valence electrons. The molecule has 0 aliphatic carbocycles. The molecule has 18 heavy (non-hydrogen) atoms. The van der Waals surface area contributed by atoms with Crippen LogP contribution in [0.2, 0.25) is 0 Å². The topological polar surface area (TPSA) is 91.3 Å². The zero-order chi connectivity index (χ0) is 13.5. The number of aliphatic carboxylic acids is 1. The number of amides is 2. The maximum Gasteiger partial charge on any atom is 0.326 e. The number of carboxylic acids is 1. The van der Waals surface area contributed by atoms with Crippen LogP contribution in [0.5, 0.6) is 0 Å². The van der Waals surface area contributed by atoms with Gasteiger partial charge in [0.15, 0.2) is 0 Å². The van der Waals surface area contributed by atoms with Crippen molar-refractivity contribution in [3.05, 3.63) is 24.5 Å². The maximum atomic E-state index is 11.6. The summed E-state index contributed by atoms with van der Waals surface area (Å²) in [5.41, 5.74) is 0.517. The summed E-state index contributed by atoms with van der Waals surface area (Å²) >= 11 is 0. The second-order valence-electron chi connectivity index (χ2n) is 4.36. The van der Waals surface area contributed by atoms with Crippen molar-refractivity contribution >= 4 is 17.7 Å². The minimum absolute atomic E-state index is 0.185.